The van der Waals surface area contributed by atoms with Gasteiger partial charge in [0.2, 0.25) is 0 Å². The number of anilines is 1. The average molecular weight is 528 g/mol. The smallest absolute Gasteiger partial charge is 0.301 e. The molecule has 2 heterocycles. The van der Waals surface area contributed by atoms with Crippen LogP contribution in [0.2, 0.25) is 0 Å². The number of carbonyl (C=O) groups is 2. The molecular formula is C28H21N3O6S. The second kappa shape index (κ2) is 10.3. The fourth-order valence-corrected chi connectivity index (χ4v) is 4.96. The minimum absolute atomic E-state index is 0.132. The van der Waals surface area contributed by atoms with E-state index in [-0.39, 0.29) is 22.2 Å². The Kier molecular flexibility index (Phi) is 6.71. The third-order valence-electron chi connectivity index (χ3n) is 6.11. The van der Waals surface area contributed by atoms with E-state index in [0.29, 0.717) is 23.5 Å². The Hall–Kier alpha value is -4.83. The molecular weight excluding hydrogens is 506 g/mol. The van der Waals surface area contributed by atoms with Crippen molar-refractivity contribution in [3.8, 4) is 5.75 Å². The van der Waals surface area contributed by atoms with Gasteiger partial charge in [0.25, 0.3) is 11.5 Å². The molecule has 0 spiro atoms. The first-order valence-corrected chi connectivity index (χ1v) is 12.4. The van der Waals surface area contributed by atoms with Crippen LogP contribution >= 0.6 is 11.3 Å². The van der Waals surface area contributed by atoms with Crippen LogP contribution in [0.3, 0.4) is 0 Å². The number of non-ortho nitro benzene ring substituents is 1. The number of hydrogen-bond acceptors (Lipinski definition) is 8. The minimum Gasteiger partial charge on any atom is -0.507 e. The largest absolute Gasteiger partial charge is 0.507 e. The van der Waals surface area contributed by atoms with Crippen molar-refractivity contribution >= 4 is 39.6 Å². The van der Waals surface area contributed by atoms with Gasteiger partial charge in [-0.05, 0) is 54.4 Å². The molecule has 0 bridgehead atoms. The number of Topliss-reactive ketones (excluding diaryl/α,β-unsaturated/α-hetero) is 1. The Labute approximate surface area is 221 Å². The van der Waals surface area contributed by atoms with Gasteiger partial charge in [-0.25, -0.2) is 4.98 Å². The van der Waals surface area contributed by atoms with E-state index in [4.69, 9.17) is 4.74 Å². The van der Waals surface area contributed by atoms with E-state index in [1.54, 1.807) is 29.6 Å². The van der Waals surface area contributed by atoms with Crippen LogP contribution in [0, 0.1) is 17.0 Å². The number of nitrogens with zero attached hydrogens (tertiary/aromatic N) is 3. The van der Waals surface area contributed by atoms with Gasteiger partial charge in [0.05, 0.1) is 16.5 Å². The number of hydrogen-bond donors (Lipinski definition) is 1. The molecule has 1 aliphatic rings. The van der Waals surface area contributed by atoms with E-state index in [1.807, 2.05) is 31.2 Å². The predicted molar refractivity (Wildman–Crippen MR) is 142 cm³/mol. The third-order valence-corrected chi connectivity index (χ3v) is 6.88. The molecule has 0 saturated carbocycles. The molecule has 1 fully saturated rings. The fourth-order valence-electron chi connectivity index (χ4n) is 4.29. The number of nitro benzene ring substituents is 1. The van der Waals surface area contributed by atoms with Crippen molar-refractivity contribution < 1.29 is 24.4 Å². The zero-order valence-corrected chi connectivity index (χ0v) is 20.9. The van der Waals surface area contributed by atoms with Gasteiger partial charge in [-0.15, -0.1) is 11.3 Å². The molecule has 0 radical (unpaired) electrons. The topological polar surface area (TPSA) is 123 Å². The second-order valence-electron chi connectivity index (χ2n) is 8.63. The number of thiazole rings is 1. The molecule has 1 saturated heterocycles. The highest BCUT2D eigenvalue weighted by molar-refractivity contribution is 7.14. The van der Waals surface area contributed by atoms with Crippen molar-refractivity contribution in [2.75, 3.05) is 4.90 Å². The van der Waals surface area contributed by atoms with Crippen molar-refractivity contribution in [2.24, 2.45) is 0 Å². The molecule has 1 amide bonds. The summed E-state index contributed by atoms with van der Waals surface area (Å²) >= 11 is 1.16. The lowest BCUT2D eigenvalue weighted by molar-refractivity contribution is -0.384. The lowest BCUT2D eigenvalue weighted by Gasteiger charge is -2.22. The molecule has 190 valence electrons. The first-order chi connectivity index (χ1) is 18.3. The predicted octanol–water partition coefficient (Wildman–Crippen LogP) is 5.57. The zero-order valence-electron chi connectivity index (χ0n) is 20.1. The number of rotatable bonds is 7. The monoisotopic (exact) mass is 527 g/mol. The highest BCUT2D eigenvalue weighted by Crippen LogP contribution is 2.43. The van der Waals surface area contributed by atoms with E-state index < -0.39 is 22.7 Å². The number of aromatic nitrogens is 1. The maximum absolute atomic E-state index is 13.2. The van der Waals surface area contributed by atoms with Gasteiger partial charge in [-0.3, -0.25) is 24.6 Å². The van der Waals surface area contributed by atoms with Crippen LogP contribution in [0.15, 0.2) is 89.9 Å². The molecule has 4 aromatic rings. The summed E-state index contributed by atoms with van der Waals surface area (Å²) in [5.74, 6) is -1.52. The number of aliphatic hydroxyl groups excluding tert-OH is 1. The summed E-state index contributed by atoms with van der Waals surface area (Å²) in [6, 6.07) is 19.0. The van der Waals surface area contributed by atoms with E-state index >= 15 is 0 Å². The Morgan fingerprint density at radius 1 is 1.11 bits per heavy atom. The van der Waals surface area contributed by atoms with Crippen LogP contribution in [0.4, 0.5) is 10.8 Å². The van der Waals surface area contributed by atoms with E-state index in [0.717, 1.165) is 22.5 Å². The lowest BCUT2D eigenvalue weighted by Crippen LogP contribution is -2.29. The molecule has 1 unspecified atom stereocenters. The summed E-state index contributed by atoms with van der Waals surface area (Å²) in [6.45, 7) is 2.37. The number of nitro groups is 1. The van der Waals surface area contributed by atoms with E-state index in [9.17, 15) is 24.8 Å². The van der Waals surface area contributed by atoms with Gasteiger partial charge in [0.1, 0.15) is 18.1 Å². The molecule has 1 N–H and O–H groups in total. The minimum atomic E-state index is -1.01. The maximum Gasteiger partial charge on any atom is 0.301 e. The molecule has 1 aromatic heterocycles. The summed E-state index contributed by atoms with van der Waals surface area (Å²) in [5.41, 5.74) is 2.61. The summed E-state index contributed by atoms with van der Waals surface area (Å²) in [5, 5.41) is 24.3. The third kappa shape index (κ3) is 4.76. The quantitative estimate of drug-likeness (QED) is 0.110. The van der Waals surface area contributed by atoms with E-state index in [1.165, 1.54) is 35.4 Å². The number of aliphatic hydroxyl groups is 1. The van der Waals surface area contributed by atoms with Crippen LogP contribution in [0.5, 0.6) is 5.75 Å². The summed E-state index contributed by atoms with van der Waals surface area (Å²) < 4.78 is 5.84. The zero-order chi connectivity index (χ0) is 26.8. The molecule has 3 aromatic carbocycles. The van der Waals surface area contributed by atoms with E-state index in [2.05, 4.69) is 4.98 Å². The first-order valence-electron chi connectivity index (χ1n) is 11.6. The van der Waals surface area contributed by atoms with Crippen LogP contribution in [-0.2, 0) is 16.2 Å². The van der Waals surface area contributed by atoms with Crippen LogP contribution in [0.25, 0.3) is 5.76 Å². The van der Waals surface area contributed by atoms with Gasteiger partial charge in [0.15, 0.2) is 5.13 Å². The maximum atomic E-state index is 13.2. The second-order valence-corrected chi connectivity index (χ2v) is 9.51. The molecule has 5 rings (SSSR count). The average Bonchev–Trinajstić information content (AvgIpc) is 3.54. The number of amides is 1. The van der Waals surface area contributed by atoms with Gasteiger partial charge < -0.3 is 9.84 Å². The number of carbonyl (C=O) groups excluding carboxylic acids is 2. The van der Waals surface area contributed by atoms with Crippen molar-refractivity contribution in [1.29, 1.82) is 0 Å². The first kappa shape index (κ1) is 24.8. The highest BCUT2D eigenvalue weighted by atomic mass is 32.1. The van der Waals surface area contributed by atoms with Gasteiger partial charge in [-0.2, -0.15) is 0 Å². The molecule has 9 nitrogen and oxygen atoms in total. The van der Waals surface area contributed by atoms with Gasteiger partial charge >= 0.3 is 5.91 Å². The Bertz CT molecular complexity index is 1550. The number of ether oxygens (including phenoxy) is 1. The van der Waals surface area contributed by atoms with Crippen LogP contribution in [-0.4, -0.2) is 26.7 Å². The van der Waals surface area contributed by atoms with Crippen LogP contribution < -0.4 is 9.64 Å². The highest BCUT2D eigenvalue weighted by Gasteiger charge is 2.48. The molecule has 0 aliphatic carbocycles. The van der Waals surface area contributed by atoms with Gasteiger partial charge in [-0.1, -0.05) is 29.8 Å². The van der Waals surface area contributed by atoms with Crippen molar-refractivity contribution in [3.63, 3.8) is 0 Å². The fraction of sp³-hybridized carbons (Fsp3) is 0.107. The lowest BCUT2D eigenvalue weighted by atomic mass is 9.95. The molecule has 1 aliphatic heterocycles. The number of benzene rings is 3. The molecule has 38 heavy (non-hydrogen) atoms. The van der Waals surface area contributed by atoms with Gasteiger partial charge in [0, 0.05) is 29.3 Å². The van der Waals surface area contributed by atoms with Crippen LogP contribution in [0.1, 0.15) is 28.3 Å². The molecule has 1 atom stereocenters. The molecule has 10 heteroatoms. The normalized spacial score (nSPS) is 16.6. The number of aryl methyl sites for hydroxylation is 1. The van der Waals surface area contributed by atoms with Crippen molar-refractivity contribution in [3.05, 3.63) is 122 Å². The van der Waals surface area contributed by atoms with Crippen molar-refractivity contribution in [2.45, 2.75) is 19.6 Å². The SMILES string of the molecule is Cc1cccc(COc2ccc(C(O)=C3C(=O)C(=O)N(c4nccs4)C3c3ccc([N+](=O)[O-])cc3)cc2)c1. The Morgan fingerprint density at radius 3 is 2.47 bits per heavy atom. The summed E-state index contributed by atoms with van der Waals surface area (Å²) in [4.78, 5) is 42.2. The summed E-state index contributed by atoms with van der Waals surface area (Å²) in [7, 11) is 0. The summed E-state index contributed by atoms with van der Waals surface area (Å²) in [6.07, 6.45) is 1.50. The standard InChI is InChI=1S/C28H21N3O6S/c1-17-3-2-4-18(15-17)16-37-22-11-7-20(8-12-22)25(32)23-24(19-5-9-21(10-6-19)31(35)36)30(27(34)26(23)33)28-29-13-14-38-28/h2-15,24,32H,16H2,1H3. The van der Waals surface area contributed by atoms with Crippen molar-refractivity contribution in [1.82, 2.24) is 4.98 Å². The Balaban J connectivity index is 1.50. The Morgan fingerprint density at radius 2 is 1.84 bits per heavy atom. The number of ketones is 1.